The van der Waals surface area contributed by atoms with Crippen molar-refractivity contribution in [3.05, 3.63) is 0 Å². The van der Waals surface area contributed by atoms with Crippen molar-refractivity contribution in [3.8, 4) is 0 Å². The third-order valence-electron chi connectivity index (χ3n) is 1.35. The van der Waals surface area contributed by atoms with Crippen LogP contribution in [0.5, 0.6) is 0 Å². The first-order valence-electron chi connectivity index (χ1n) is 2.81. The van der Waals surface area contributed by atoms with Gasteiger partial charge in [-0.25, -0.2) is 0 Å². The van der Waals surface area contributed by atoms with Crippen molar-refractivity contribution in [1.29, 1.82) is 0 Å². The summed E-state index contributed by atoms with van der Waals surface area (Å²) in [6.45, 7) is -0.346. The van der Waals surface area contributed by atoms with Crippen molar-refractivity contribution in [2.45, 2.75) is 18.3 Å². The highest BCUT2D eigenvalue weighted by molar-refractivity contribution is 4.77. The quantitative estimate of drug-likeness (QED) is 0.406. The average molecular weight is 134 g/mol. The Morgan fingerprint density at radius 1 is 1.67 bits per heavy atom. The zero-order valence-electron chi connectivity index (χ0n) is 4.95. The van der Waals surface area contributed by atoms with Crippen LogP contribution in [0.3, 0.4) is 0 Å². The molecule has 1 saturated heterocycles. The Labute approximate surface area is 52.7 Å². The van der Waals surface area contributed by atoms with Crippen LogP contribution in [0.1, 0.15) is 6.42 Å². The van der Waals surface area contributed by atoms with Gasteiger partial charge >= 0.3 is 0 Å². The summed E-state index contributed by atoms with van der Waals surface area (Å²) in [5.74, 6) is -1.49. The maximum atomic E-state index is 9.04. The average Bonchev–Trinajstić information content (AvgIpc) is 2.13. The highest BCUT2D eigenvalue weighted by Gasteiger charge is 2.36. The molecule has 0 saturated carbocycles. The van der Waals surface area contributed by atoms with Gasteiger partial charge in [-0.15, -0.1) is 0 Å². The number of aliphatic hydroxyl groups excluding tert-OH is 2. The van der Waals surface area contributed by atoms with Crippen LogP contribution in [0.2, 0.25) is 0 Å². The van der Waals surface area contributed by atoms with Crippen molar-refractivity contribution < 1.29 is 20.1 Å². The second-order valence-corrected chi connectivity index (χ2v) is 2.27. The van der Waals surface area contributed by atoms with Crippen LogP contribution in [0, 0.1) is 0 Å². The van der Waals surface area contributed by atoms with Crippen LogP contribution in [-0.2, 0) is 4.74 Å². The van der Waals surface area contributed by atoms with Crippen LogP contribution < -0.4 is 0 Å². The molecule has 1 aliphatic heterocycles. The highest BCUT2D eigenvalue weighted by Crippen LogP contribution is 2.21. The van der Waals surface area contributed by atoms with Gasteiger partial charge in [-0.05, 0) is 0 Å². The number of hydrogen-bond acceptors (Lipinski definition) is 4. The molecule has 0 radical (unpaired) electrons. The minimum atomic E-state index is -1.49. The van der Waals surface area contributed by atoms with Crippen molar-refractivity contribution in [2.24, 2.45) is 0 Å². The van der Waals surface area contributed by atoms with E-state index in [4.69, 9.17) is 15.3 Å². The fourth-order valence-corrected chi connectivity index (χ4v) is 0.848. The molecule has 9 heavy (non-hydrogen) atoms. The summed E-state index contributed by atoms with van der Waals surface area (Å²) in [7, 11) is 0. The predicted molar refractivity (Wildman–Crippen MR) is 28.6 cm³/mol. The molecule has 0 aliphatic carbocycles. The first kappa shape index (κ1) is 6.95. The molecule has 0 spiro atoms. The Morgan fingerprint density at radius 3 is 2.56 bits per heavy atom. The molecule has 54 valence electrons. The smallest absolute Gasteiger partial charge is 0.191 e. The molecule has 3 N–H and O–H groups in total. The lowest BCUT2D eigenvalue weighted by atomic mass is 10.2. The van der Waals surface area contributed by atoms with E-state index < -0.39 is 18.5 Å². The van der Waals surface area contributed by atoms with Crippen LogP contribution in [-0.4, -0.2) is 40.4 Å². The lowest BCUT2D eigenvalue weighted by molar-refractivity contribution is -0.193. The van der Waals surface area contributed by atoms with Crippen LogP contribution in [0.25, 0.3) is 0 Å². The summed E-state index contributed by atoms with van der Waals surface area (Å²) in [6.07, 6.45) is -0.536. The second kappa shape index (κ2) is 2.22. The van der Waals surface area contributed by atoms with E-state index in [0.29, 0.717) is 0 Å². The van der Waals surface area contributed by atoms with Gasteiger partial charge in [-0.1, -0.05) is 0 Å². The Kier molecular flexibility index (Phi) is 1.72. The molecule has 0 aromatic rings. The third kappa shape index (κ3) is 1.40. The Balaban J connectivity index is 2.45. The van der Waals surface area contributed by atoms with Crippen molar-refractivity contribution in [1.82, 2.24) is 0 Å². The van der Waals surface area contributed by atoms with Crippen molar-refractivity contribution >= 4 is 0 Å². The molecule has 1 fully saturated rings. The molecular formula is C5H10O4. The van der Waals surface area contributed by atoms with E-state index in [1.807, 2.05) is 0 Å². The summed E-state index contributed by atoms with van der Waals surface area (Å²) < 4.78 is 4.66. The minimum Gasteiger partial charge on any atom is -0.391 e. The maximum Gasteiger partial charge on any atom is 0.191 e. The Bertz CT molecular complexity index is 105. The first-order chi connectivity index (χ1) is 4.16. The predicted octanol–water partition coefficient (Wildman–Crippen LogP) is -1.55. The number of aliphatic hydroxyl groups is 3. The maximum absolute atomic E-state index is 9.04. The molecule has 0 aromatic heterocycles. The van der Waals surface area contributed by atoms with Crippen LogP contribution in [0.15, 0.2) is 0 Å². The molecule has 4 nitrogen and oxygen atoms in total. The monoisotopic (exact) mass is 134 g/mol. The largest absolute Gasteiger partial charge is 0.391 e. The molecule has 0 bridgehead atoms. The van der Waals surface area contributed by atoms with Crippen LogP contribution >= 0.6 is 0 Å². The molecule has 4 heteroatoms. The Hall–Kier alpha value is -0.160. The normalized spacial score (nSPS) is 43.7. The van der Waals surface area contributed by atoms with E-state index >= 15 is 0 Å². The lowest BCUT2D eigenvalue weighted by Gasteiger charge is -2.16. The molecule has 0 amide bonds. The molecule has 1 aliphatic rings. The minimum absolute atomic E-state index is 0.101. The number of hydrogen-bond donors (Lipinski definition) is 3. The van der Waals surface area contributed by atoms with Gasteiger partial charge in [0.25, 0.3) is 0 Å². The van der Waals surface area contributed by atoms with Gasteiger partial charge in [0.2, 0.25) is 0 Å². The van der Waals surface area contributed by atoms with E-state index in [9.17, 15) is 0 Å². The third-order valence-corrected chi connectivity index (χ3v) is 1.35. The zero-order valence-corrected chi connectivity index (χ0v) is 4.95. The lowest BCUT2D eigenvalue weighted by Crippen LogP contribution is -2.32. The summed E-state index contributed by atoms with van der Waals surface area (Å²) in [6, 6.07) is 0. The van der Waals surface area contributed by atoms with Gasteiger partial charge in [-0.2, -0.15) is 0 Å². The standard InChI is InChI=1S/C5H10O4/c6-3-5(8)1-4(7)2-9-5/h4,6-8H,1-3H2. The zero-order chi connectivity index (χ0) is 6.91. The van der Waals surface area contributed by atoms with Gasteiger partial charge < -0.3 is 20.1 Å². The molecule has 2 unspecified atom stereocenters. The van der Waals surface area contributed by atoms with Crippen LogP contribution in [0.4, 0.5) is 0 Å². The van der Waals surface area contributed by atoms with E-state index in [1.54, 1.807) is 0 Å². The fourth-order valence-electron chi connectivity index (χ4n) is 0.848. The second-order valence-electron chi connectivity index (χ2n) is 2.27. The molecule has 0 aromatic carbocycles. The SMILES string of the molecule is OCC1(O)CC(O)CO1. The molecule has 2 atom stereocenters. The summed E-state index contributed by atoms with van der Waals surface area (Å²) in [4.78, 5) is 0. The van der Waals surface area contributed by atoms with Crippen molar-refractivity contribution in [3.63, 3.8) is 0 Å². The summed E-state index contributed by atoms with van der Waals surface area (Å²) >= 11 is 0. The molecular weight excluding hydrogens is 124 g/mol. The first-order valence-corrected chi connectivity index (χ1v) is 2.81. The summed E-state index contributed by atoms with van der Waals surface area (Å²) in [5.41, 5.74) is 0. The topological polar surface area (TPSA) is 69.9 Å². The van der Waals surface area contributed by atoms with Gasteiger partial charge in [0.15, 0.2) is 5.79 Å². The highest BCUT2D eigenvalue weighted by atomic mass is 16.6. The van der Waals surface area contributed by atoms with E-state index in [0.717, 1.165) is 0 Å². The van der Waals surface area contributed by atoms with Gasteiger partial charge in [0.05, 0.1) is 19.3 Å². The van der Waals surface area contributed by atoms with Gasteiger partial charge in [-0.3, -0.25) is 0 Å². The number of rotatable bonds is 1. The van der Waals surface area contributed by atoms with E-state index in [-0.39, 0.29) is 13.0 Å². The van der Waals surface area contributed by atoms with E-state index in [2.05, 4.69) is 4.74 Å². The fraction of sp³-hybridized carbons (Fsp3) is 1.00. The van der Waals surface area contributed by atoms with Crippen molar-refractivity contribution in [2.75, 3.05) is 13.2 Å². The summed E-state index contributed by atoms with van der Waals surface area (Å²) in [5, 5.41) is 26.3. The van der Waals surface area contributed by atoms with E-state index in [1.165, 1.54) is 0 Å². The number of ether oxygens (including phenoxy) is 1. The Morgan fingerprint density at radius 2 is 2.33 bits per heavy atom. The molecule has 1 rings (SSSR count). The van der Waals surface area contributed by atoms with Gasteiger partial charge in [0.1, 0.15) is 0 Å². The van der Waals surface area contributed by atoms with Gasteiger partial charge in [0, 0.05) is 6.42 Å². The molecule has 1 heterocycles.